The number of hydrogen-bond acceptors (Lipinski definition) is 2. The van der Waals surface area contributed by atoms with Gasteiger partial charge >= 0.3 is 0 Å². The second kappa shape index (κ2) is 6.14. The van der Waals surface area contributed by atoms with Gasteiger partial charge in [0.1, 0.15) is 0 Å². The van der Waals surface area contributed by atoms with Crippen molar-refractivity contribution in [1.29, 1.82) is 0 Å². The first-order valence-corrected chi connectivity index (χ1v) is 8.41. The van der Waals surface area contributed by atoms with Crippen molar-refractivity contribution in [3.05, 3.63) is 52.6 Å². The van der Waals surface area contributed by atoms with Crippen LogP contribution in [0.15, 0.2) is 37.9 Å². The minimum absolute atomic E-state index is 0.466. The van der Waals surface area contributed by atoms with Crippen molar-refractivity contribution in [3.8, 4) is 0 Å². The highest BCUT2D eigenvalue weighted by Gasteiger charge is 2.15. The predicted octanol–water partition coefficient (Wildman–Crippen LogP) is 5.15. The molecular formula is C12H9Br2IOS. The smallest absolute Gasteiger partial charge is 0.0849 e. The summed E-state index contributed by atoms with van der Waals surface area (Å²) in [6.07, 6.45) is 0.172. The van der Waals surface area contributed by atoms with Gasteiger partial charge in [0.15, 0.2) is 0 Å². The number of halogens is 3. The van der Waals surface area contributed by atoms with E-state index in [1.165, 1.54) is 3.57 Å². The lowest BCUT2D eigenvalue weighted by Crippen LogP contribution is -2.01. The van der Waals surface area contributed by atoms with Crippen LogP contribution in [0.25, 0.3) is 0 Å². The number of rotatable bonds is 3. The van der Waals surface area contributed by atoms with Crippen LogP contribution in [0.4, 0.5) is 0 Å². The first-order chi connectivity index (χ1) is 8.06. The van der Waals surface area contributed by atoms with Gasteiger partial charge in [0, 0.05) is 15.6 Å². The van der Waals surface area contributed by atoms with E-state index in [1.54, 1.807) is 11.3 Å². The second-order valence-electron chi connectivity index (χ2n) is 3.63. The van der Waals surface area contributed by atoms with Gasteiger partial charge in [-0.25, -0.2) is 0 Å². The molecule has 0 radical (unpaired) electrons. The van der Waals surface area contributed by atoms with Gasteiger partial charge in [0.2, 0.25) is 0 Å². The summed E-state index contributed by atoms with van der Waals surface area (Å²) >= 11 is 10.8. The minimum atomic E-state index is -0.466. The van der Waals surface area contributed by atoms with Crippen molar-refractivity contribution in [1.82, 2.24) is 0 Å². The Kier molecular flexibility index (Phi) is 5.06. The molecule has 2 aromatic rings. The summed E-state index contributed by atoms with van der Waals surface area (Å²) in [4.78, 5) is 0. The van der Waals surface area contributed by atoms with Crippen molar-refractivity contribution in [3.63, 3.8) is 0 Å². The molecule has 0 aliphatic carbocycles. The van der Waals surface area contributed by atoms with Gasteiger partial charge in [-0.05, 0) is 78.2 Å². The molecule has 0 aliphatic heterocycles. The van der Waals surface area contributed by atoms with E-state index in [0.29, 0.717) is 6.42 Å². The zero-order valence-corrected chi connectivity index (χ0v) is 14.8. The van der Waals surface area contributed by atoms with Crippen LogP contribution in [0.1, 0.15) is 17.2 Å². The Morgan fingerprint density at radius 3 is 2.41 bits per heavy atom. The van der Waals surface area contributed by atoms with E-state index in [9.17, 15) is 5.11 Å². The first kappa shape index (κ1) is 14.0. The Bertz CT molecular complexity index is 510. The first-order valence-electron chi connectivity index (χ1n) is 4.93. The summed E-state index contributed by atoms with van der Waals surface area (Å²) in [6, 6.07) is 10.2. The fourth-order valence-electron chi connectivity index (χ4n) is 1.53. The van der Waals surface area contributed by atoms with E-state index >= 15 is 0 Å². The Morgan fingerprint density at radius 2 is 1.88 bits per heavy atom. The molecule has 1 heterocycles. The van der Waals surface area contributed by atoms with E-state index in [-0.39, 0.29) is 0 Å². The van der Waals surface area contributed by atoms with Crippen molar-refractivity contribution in [2.45, 2.75) is 12.5 Å². The lowest BCUT2D eigenvalue weighted by atomic mass is 10.0. The maximum atomic E-state index is 10.2. The maximum absolute atomic E-state index is 10.2. The molecule has 1 N–H and O–H groups in total. The Labute approximate surface area is 135 Å². The third kappa shape index (κ3) is 3.76. The monoisotopic (exact) mass is 486 g/mol. The van der Waals surface area contributed by atoms with Crippen LogP contribution < -0.4 is 0 Å². The number of aliphatic hydroxyl groups is 1. The third-order valence-electron chi connectivity index (χ3n) is 2.38. The molecule has 1 atom stereocenters. The van der Waals surface area contributed by atoms with Gasteiger partial charge in [0.25, 0.3) is 0 Å². The zero-order chi connectivity index (χ0) is 12.4. The molecular weight excluding hydrogens is 479 g/mol. The number of aliphatic hydroxyl groups excluding tert-OH is 1. The standard InChI is InChI=1S/C12H9Br2IOS/c13-11-6-9(12(14)17-11)10(16)5-7-1-3-8(15)4-2-7/h1-4,6,10,16H,5H2. The van der Waals surface area contributed by atoms with E-state index in [2.05, 4.69) is 78.7 Å². The fourth-order valence-corrected chi connectivity index (χ4v) is 4.85. The van der Waals surface area contributed by atoms with Crippen LogP contribution in [0.5, 0.6) is 0 Å². The van der Waals surface area contributed by atoms with Crippen LogP contribution >= 0.6 is 65.8 Å². The van der Waals surface area contributed by atoms with E-state index in [4.69, 9.17) is 0 Å². The van der Waals surface area contributed by atoms with Gasteiger partial charge in [-0.1, -0.05) is 12.1 Å². The molecule has 1 aromatic carbocycles. The van der Waals surface area contributed by atoms with Gasteiger partial charge in [-0.3, -0.25) is 0 Å². The van der Waals surface area contributed by atoms with Crippen molar-refractivity contribution >= 4 is 65.8 Å². The van der Waals surface area contributed by atoms with Gasteiger partial charge in [0.05, 0.1) is 13.7 Å². The van der Waals surface area contributed by atoms with Crippen molar-refractivity contribution in [2.75, 3.05) is 0 Å². The van der Waals surface area contributed by atoms with Crippen molar-refractivity contribution in [2.24, 2.45) is 0 Å². The van der Waals surface area contributed by atoms with Gasteiger partial charge < -0.3 is 5.11 Å². The van der Waals surface area contributed by atoms with Gasteiger partial charge in [-0.2, -0.15) is 0 Å². The molecule has 1 aromatic heterocycles. The molecule has 2 rings (SSSR count). The minimum Gasteiger partial charge on any atom is -0.388 e. The molecule has 0 bridgehead atoms. The Hall–Kier alpha value is 0.570. The normalized spacial score (nSPS) is 12.7. The van der Waals surface area contributed by atoms with E-state index in [0.717, 1.165) is 18.7 Å². The third-order valence-corrected chi connectivity index (χ3v) is 5.49. The molecule has 90 valence electrons. The fraction of sp³-hybridized carbons (Fsp3) is 0.167. The molecule has 0 fully saturated rings. The maximum Gasteiger partial charge on any atom is 0.0849 e. The molecule has 0 saturated heterocycles. The molecule has 0 saturated carbocycles. The molecule has 1 nitrogen and oxygen atoms in total. The molecule has 5 heteroatoms. The summed E-state index contributed by atoms with van der Waals surface area (Å²) in [5.74, 6) is 0. The highest BCUT2D eigenvalue weighted by atomic mass is 127. The van der Waals surface area contributed by atoms with E-state index < -0.39 is 6.10 Å². The largest absolute Gasteiger partial charge is 0.388 e. The highest BCUT2D eigenvalue weighted by molar-refractivity contribution is 14.1. The van der Waals surface area contributed by atoms with Crippen LogP contribution in [0, 0.1) is 3.57 Å². The number of benzene rings is 1. The molecule has 0 aliphatic rings. The second-order valence-corrected chi connectivity index (χ2v) is 8.62. The average Bonchev–Trinajstić information content (AvgIpc) is 2.61. The van der Waals surface area contributed by atoms with Gasteiger partial charge in [-0.15, -0.1) is 11.3 Å². The van der Waals surface area contributed by atoms with Crippen molar-refractivity contribution < 1.29 is 5.11 Å². The number of hydrogen-bond donors (Lipinski definition) is 1. The van der Waals surface area contributed by atoms with E-state index in [1.807, 2.05) is 6.07 Å². The van der Waals surface area contributed by atoms with Crippen LogP contribution in [-0.2, 0) is 6.42 Å². The predicted molar refractivity (Wildman–Crippen MR) is 87.5 cm³/mol. The molecule has 1 unspecified atom stereocenters. The molecule has 0 amide bonds. The van der Waals surface area contributed by atoms with Crippen LogP contribution in [0.2, 0.25) is 0 Å². The van der Waals surface area contributed by atoms with Crippen LogP contribution in [0.3, 0.4) is 0 Å². The SMILES string of the molecule is OC(Cc1ccc(I)cc1)c1cc(Br)sc1Br. The number of thiophene rings is 1. The zero-order valence-electron chi connectivity index (χ0n) is 8.66. The quantitative estimate of drug-likeness (QED) is 0.593. The highest BCUT2D eigenvalue weighted by Crippen LogP contribution is 2.36. The summed E-state index contributed by atoms with van der Waals surface area (Å²) < 4.78 is 3.23. The summed E-state index contributed by atoms with van der Waals surface area (Å²) in [5, 5.41) is 10.2. The lowest BCUT2D eigenvalue weighted by Gasteiger charge is -2.09. The summed E-state index contributed by atoms with van der Waals surface area (Å²) in [5.41, 5.74) is 2.09. The molecule has 0 spiro atoms. The Morgan fingerprint density at radius 1 is 1.24 bits per heavy atom. The lowest BCUT2D eigenvalue weighted by molar-refractivity contribution is 0.178. The Balaban J connectivity index is 2.14. The summed E-state index contributed by atoms with van der Waals surface area (Å²) in [7, 11) is 0. The summed E-state index contributed by atoms with van der Waals surface area (Å²) in [6.45, 7) is 0. The van der Waals surface area contributed by atoms with Crippen LogP contribution in [-0.4, -0.2) is 5.11 Å². The average molecular weight is 488 g/mol. The topological polar surface area (TPSA) is 20.2 Å². The molecule has 17 heavy (non-hydrogen) atoms.